The number of imidazole rings is 1. The number of benzene rings is 1. The van der Waals surface area contributed by atoms with Crippen LogP contribution in [0, 0.1) is 23.6 Å². The van der Waals surface area contributed by atoms with E-state index in [1.54, 1.807) is 25.1 Å². The molecule has 1 aromatic carbocycles. The van der Waals surface area contributed by atoms with Gasteiger partial charge in [-0.25, -0.2) is 24.1 Å². The molecule has 3 heterocycles. The van der Waals surface area contributed by atoms with Crippen molar-refractivity contribution in [2.45, 2.75) is 90.1 Å². The lowest BCUT2D eigenvalue weighted by molar-refractivity contribution is 0.0826. The second kappa shape index (κ2) is 10.6. The lowest BCUT2D eigenvalue weighted by Crippen LogP contribution is -2.33. The van der Waals surface area contributed by atoms with E-state index in [9.17, 15) is 9.90 Å². The first-order valence-corrected chi connectivity index (χ1v) is 14.5. The van der Waals surface area contributed by atoms with Gasteiger partial charge in [0.2, 0.25) is 0 Å². The summed E-state index contributed by atoms with van der Waals surface area (Å²) >= 11 is 0. The molecule has 3 atom stereocenters. The van der Waals surface area contributed by atoms with E-state index in [4.69, 9.17) is 19.8 Å². The Labute approximate surface area is 233 Å². The summed E-state index contributed by atoms with van der Waals surface area (Å²) in [5, 5.41) is 18.2. The maximum Gasteiger partial charge on any atom is 0.427 e. The fourth-order valence-electron chi connectivity index (χ4n) is 6.26. The van der Waals surface area contributed by atoms with Crippen LogP contribution in [0.1, 0.15) is 89.1 Å². The van der Waals surface area contributed by atoms with Gasteiger partial charge < -0.3 is 19.8 Å². The highest BCUT2D eigenvalue weighted by atomic mass is 19.1. The molecule has 3 aliphatic rings. The number of halogens is 1. The molecule has 40 heavy (non-hydrogen) atoms. The number of aromatic nitrogens is 4. The molecule has 0 bridgehead atoms. The number of carbonyl (C=O) groups is 1. The maximum absolute atomic E-state index is 15.1. The molecule has 4 N–H and O–H groups in total. The molecule has 2 aliphatic carbocycles. The summed E-state index contributed by atoms with van der Waals surface area (Å²) in [6.45, 7) is 6.63. The summed E-state index contributed by atoms with van der Waals surface area (Å²) in [6, 6.07) is 6.40. The van der Waals surface area contributed by atoms with Crippen LogP contribution in [-0.2, 0) is 17.0 Å². The maximum atomic E-state index is 15.1. The van der Waals surface area contributed by atoms with Gasteiger partial charge in [0.1, 0.15) is 22.8 Å². The van der Waals surface area contributed by atoms with E-state index >= 15 is 4.39 Å². The highest BCUT2D eigenvalue weighted by Gasteiger charge is 2.38. The SMILES string of the molecule is CC1CCC(Cn2c(C(C)(O)c3ccccc3F)nc3nc(C4NOC(=O)N4)nc(N[C@H](C)C4CCC4)c32)CC1. The van der Waals surface area contributed by atoms with Crippen molar-refractivity contribution in [3.05, 3.63) is 47.3 Å². The van der Waals surface area contributed by atoms with Crippen molar-refractivity contribution < 1.29 is 19.1 Å². The minimum absolute atomic E-state index is 0.146. The quantitative estimate of drug-likeness (QED) is 0.312. The number of aliphatic hydroxyl groups is 1. The minimum atomic E-state index is -1.73. The largest absolute Gasteiger partial charge is 0.427 e. The minimum Gasteiger partial charge on any atom is -0.377 e. The third-order valence-electron chi connectivity index (χ3n) is 9.04. The van der Waals surface area contributed by atoms with Gasteiger partial charge in [-0.15, -0.1) is 5.48 Å². The highest BCUT2D eigenvalue weighted by molar-refractivity contribution is 5.84. The van der Waals surface area contributed by atoms with Gasteiger partial charge in [-0.3, -0.25) is 5.32 Å². The molecule has 10 nitrogen and oxygen atoms in total. The number of hydrogen-bond acceptors (Lipinski definition) is 8. The first-order valence-electron chi connectivity index (χ1n) is 14.5. The molecule has 0 spiro atoms. The molecule has 11 heteroatoms. The molecule has 3 aromatic rings. The predicted molar refractivity (Wildman–Crippen MR) is 147 cm³/mol. The number of hydroxylamine groups is 1. The molecular weight excluding hydrogens is 513 g/mol. The van der Waals surface area contributed by atoms with Gasteiger partial charge in [0.15, 0.2) is 23.5 Å². The van der Waals surface area contributed by atoms with Gasteiger partial charge in [-0.2, -0.15) is 0 Å². The van der Waals surface area contributed by atoms with Crippen LogP contribution in [0.15, 0.2) is 24.3 Å². The number of fused-ring (bicyclic) bond motifs is 1. The molecule has 214 valence electrons. The molecule has 1 amide bonds. The number of nitrogens with zero attached hydrogens (tertiary/aromatic N) is 4. The molecule has 0 radical (unpaired) electrons. The first kappa shape index (κ1) is 26.9. The monoisotopic (exact) mass is 551 g/mol. The normalized spacial score (nSPS) is 25.6. The van der Waals surface area contributed by atoms with Gasteiger partial charge in [0.05, 0.1) is 0 Å². The Morgan fingerprint density at radius 3 is 2.58 bits per heavy atom. The van der Waals surface area contributed by atoms with E-state index in [1.807, 2.05) is 4.57 Å². The van der Waals surface area contributed by atoms with Crippen LogP contribution >= 0.6 is 0 Å². The number of rotatable bonds is 8. The first-order chi connectivity index (χ1) is 19.2. The van der Waals surface area contributed by atoms with Gasteiger partial charge in [-0.05, 0) is 63.4 Å². The third kappa shape index (κ3) is 5.01. The van der Waals surface area contributed by atoms with Crippen molar-refractivity contribution in [3.63, 3.8) is 0 Å². The Morgan fingerprint density at radius 2 is 1.93 bits per heavy atom. The Bertz CT molecular complexity index is 1400. The summed E-state index contributed by atoms with van der Waals surface area (Å²) in [7, 11) is 0. The Hall–Kier alpha value is -3.31. The van der Waals surface area contributed by atoms with E-state index in [-0.39, 0.29) is 17.4 Å². The van der Waals surface area contributed by atoms with Crippen molar-refractivity contribution in [2.75, 3.05) is 5.32 Å². The zero-order chi connectivity index (χ0) is 28.0. The van der Waals surface area contributed by atoms with Crippen molar-refractivity contribution in [1.82, 2.24) is 30.3 Å². The fourth-order valence-corrected chi connectivity index (χ4v) is 6.26. The summed E-state index contributed by atoms with van der Waals surface area (Å²) in [4.78, 5) is 31.0. The molecule has 1 aliphatic heterocycles. The van der Waals surface area contributed by atoms with Gasteiger partial charge in [0, 0.05) is 18.2 Å². The highest BCUT2D eigenvalue weighted by Crippen LogP contribution is 2.38. The Morgan fingerprint density at radius 1 is 1.18 bits per heavy atom. The molecule has 2 unspecified atom stereocenters. The molecule has 1 saturated heterocycles. The number of nitrogens with one attached hydrogen (secondary N) is 3. The Balaban J connectivity index is 1.51. The van der Waals surface area contributed by atoms with E-state index in [0.29, 0.717) is 47.1 Å². The molecule has 2 aromatic heterocycles. The van der Waals surface area contributed by atoms with Crippen molar-refractivity contribution >= 4 is 23.1 Å². The number of amides is 1. The van der Waals surface area contributed by atoms with Crippen LogP contribution in [0.5, 0.6) is 0 Å². The third-order valence-corrected chi connectivity index (χ3v) is 9.04. The second-order valence-corrected chi connectivity index (χ2v) is 12.0. The van der Waals surface area contributed by atoms with Crippen LogP contribution in [0.3, 0.4) is 0 Å². The topological polar surface area (TPSA) is 126 Å². The van der Waals surface area contributed by atoms with Crippen LogP contribution < -0.4 is 16.1 Å². The lowest BCUT2D eigenvalue weighted by atomic mass is 9.80. The van der Waals surface area contributed by atoms with Crippen molar-refractivity contribution in [2.24, 2.45) is 17.8 Å². The van der Waals surface area contributed by atoms with E-state index in [2.05, 4.69) is 30.0 Å². The standard InChI is InChI=1S/C29H38FN7O3/c1-16-11-13-18(14-12-16)15-37-22-23(31-17(2)19-7-6-8-19)32-25(26-35-28(38)40-36-26)33-24(22)34-27(37)29(3,39)20-9-4-5-10-21(20)30/h4-5,9-10,16-19,26,36,39H,6-8,11-15H2,1-3H3,(H,35,38)(H,31,32,33)/t16?,17-,18?,26?,29?/m1/s1. The van der Waals surface area contributed by atoms with Crippen LogP contribution in [0.4, 0.5) is 15.0 Å². The second-order valence-electron chi connectivity index (χ2n) is 12.0. The molecular formula is C29H38FN7O3. The summed E-state index contributed by atoms with van der Waals surface area (Å²) < 4.78 is 17.0. The van der Waals surface area contributed by atoms with Gasteiger partial charge in [0.25, 0.3) is 0 Å². The smallest absolute Gasteiger partial charge is 0.377 e. The number of hydrogen-bond donors (Lipinski definition) is 4. The molecule has 3 fully saturated rings. The fraction of sp³-hybridized carbons (Fsp3) is 0.586. The zero-order valence-electron chi connectivity index (χ0n) is 23.3. The Kier molecular flexibility index (Phi) is 7.12. The molecule has 2 saturated carbocycles. The average molecular weight is 552 g/mol. The van der Waals surface area contributed by atoms with Crippen molar-refractivity contribution in [1.29, 1.82) is 0 Å². The van der Waals surface area contributed by atoms with Crippen LogP contribution in [-0.4, -0.2) is 36.8 Å². The van der Waals surface area contributed by atoms with Crippen LogP contribution in [0.25, 0.3) is 11.2 Å². The van der Waals surface area contributed by atoms with Crippen LogP contribution in [0.2, 0.25) is 0 Å². The van der Waals surface area contributed by atoms with Gasteiger partial charge in [-0.1, -0.05) is 44.4 Å². The summed E-state index contributed by atoms with van der Waals surface area (Å²) in [6.07, 6.45) is 6.57. The van der Waals surface area contributed by atoms with Crippen molar-refractivity contribution in [3.8, 4) is 0 Å². The number of carbonyl (C=O) groups excluding carboxylic acids is 1. The predicted octanol–water partition coefficient (Wildman–Crippen LogP) is 4.89. The van der Waals surface area contributed by atoms with E-state index in [1.165, 1.54) is 12.5 Å². The van der Waals surface area contributed by atoms with E-state index < -0.39 is 23.7 Å². The average Bonchev–Trinajstić information content (AvgIpc) is 3.48. The summed E-state index contributed by atoms with van der Waals surface area (Å²) in [5.41, 5.74) is 2.08. The van der Waals surface area contributed by atoms with E-state index in [0.717, 1.165) is 38.5 Å². The molecule has 6 rings (SSSR count). The lowest BCUT2D eigenvalue weighted by Gasteiger charge is -2.33. The van der Waals surface area contributed by atoms with Gasteiger partial charge >= 0.3 is 6.09 Å². The zero-order valence-corrected chi connectivity index (χ0v) is 23.3. The summed E-state index contributed by atoms with van der Waals surface area (Å²) in [5.74, 6) is 2.28. The number of anilines is 1.